The third kappa shape index (κ3) is 2.86. The first-order chi connectivity index (χ1) is 8.52. The van der Waals surface area contributed by atoms with Crippen LogP contribution in [0.5, 0.6) is 0 Å². The van der Waals surface area contributed by atoms with Crippen molar-refractivity contribution in [3.05, 3.63) is 0 Å². The van der Waals surface area contributed by atoms with Gasteiger partial charge in [-0.2, -0.15) is 0 Å². The third-order valence-corrected chi connectivity index (χ3v) is 4.80. The summed E-state index contributed by atoms with van der Waals surface area (Å²) in [5.41, 5.74) is 5.11. The lowest BCUT2D eigenvalue weighted by Gasteiger charge is -2.33. The van der Waals surface area contributed by atoms with Crippen LogP contribution in [0.15, 0.2) is 0 Å². The van der Waals surface area contributed by atoms with E-state index < -0.39 is 11.5 Å². The van der Waals surface area contributed by atoms with Crippen LogP contribution >= 0.6 is 0 Å². The van der Waals surface area contributed by atoms with Crippen LogP contribution in [0.4, 0.5) is 0 Å². The number of rotatable bonds is 4. The zero-order valence-electron chi connectivity index (χ0n) is 11.4. The average molecular weight is 254 g/mol. The summed E-state index contributed by atoms with van der Waals surface area (Å²) in [4.78, 5) is 13.8. The van der Waals surface area contributed by atoms with Gasteiger partial charge in [0.05, 0.1) is 0 Å². The normalized spacial score (nSPS) is 37.9. The standard InChI is InChI=1S/C14H26N2O2/c1-11-4-3-8-16(10-11)9-6-12-5-2-7-14(12,15)13(17)18/h11-12H,2-10,15H2,1H3,(H,17,18). The molecule has 2 rings (SSSR count). The lowest BCUT2D eigenvalue weighted by atomic mass is 9.85. The van der Waals surface area contributed by atoms with Gasteiger partial charge >= 0.3 is 5.97 Å². The number of hydrogen-bond acceptors (Lipinski definition) is 3. The Hall–Kier alpha value is -0.610. The monoisotopic (exact) mass is 254 g/mol. The Kier molecular flexibility index (Phi) is 4.28. The van der Waals surface area contributed by atoms with Crippen molar-refractivity contribution in [3.63, 3.8) is 0 Å². The molecule has 3 unspecified atom stereocenters. The van der Waals surface area contributed by atoms with E-state index in [-0.39, 0.29) is 5.92 Å². The molecule has 4 nitrogen and oxygen atoms in total. The highest BCUT2D eigenvalue weighted by Gasteiger charge is 2.45. The van der Waals surface area contributed by atoms with Crippen molar-refractivity contribution in [3.8, 4) is 0 Å². The van der Waals surface area contributed by atoms with E-state index in [0.29, 0.717) is 6.42 Å². The van der Waals surface area contributed by atoms with Crippen molar-refractivity contribution in [2.75, 3.05) is 19.6 Å². The van der Waals surface area contributed by atoms with E-state index in [0.717, 1.165) is 38.3 Å². The van der Waals surface area contributed by atoms with E-state index in [1.165, 1.54) is 19.4 Å². The number of likely N-dealkylation sites (tertiary alicyclic amines) is 1. The number of nitrogens with zero attached hydrogens (tertiary/aromatic N) is 1. The molecule has 1 saturated heterocycles. The van der Waals surface area contributed by atoms with Gasteiger partial charge in [-0.3, -0.25) is 4.79 Å². The summed E-state index contributed by atoms with van der Waals surface area (Å²) >= 11 is 0. The van der Waals surface area contributed by atoms with Gasteiger partial charge in [-0.05, 0) is 57.0 Å². The zero-order valence-corrected chi connectivity index (χ0v) is 11.4. The van der Waals surface area contributed by atoms with Crippen molar-refractivity contribution < 1.29 is 9.90 Å². The number of aliphatic carboxylic acids is 1. The molecule has 1 saturated carbocycles. The first-order valence-corrected chi connectivity index (χ1v) is 7.27. The molecule has 0 radical (unpaired) electrons. The van der Waals surface area contributed by atoms with Gasteiger partial charge in [0, 0.05) is 6.54 Å². The highest BCUT2D eigenvalue weighted by atomic mass is 16.4. The minimum atomic E-state index is -0.957. The van der Waals surface area contributed by atoms with E-state index in [1.54, 1.807) is 0 Å². The second-order valence-corrected chi connectivity index (χ2v) is 6.27. The lowest BCUT2D eigenvalue weighted by Crippen LogP contribution is -2.51. The van der Waals surface area contributed by atoms with Crippen LogP contribution in [0.25, 0.3) is 0 Å². The fraction of sp³-hybridized carbons (Fsp3) is 0.929. The minimum Gasteiger partial charge on any atom is -0.480 e. The van der Waals surface area contributed by atoms with Gasteiger partial charge < -0.3 is 15.7 Å². The molecule has 1 aliphatic heterocycles. The Bertz CT molecular complexity index is 308. The number of piperidine rings is 1. The summed E-state index contributed by atoms with van der Waals surface area (Å²) in [6, 6.07) is 0. The quantitative estimate of drug-likeness (QED) is 0.801. The summed E-state index contributed by atoms with van der Waals surface area (Å²) in [5.74, 6) is 0.133. The second-order valence-electron chi connectivity index (χ2n) is 6.27. The molecule has 0 aromatic rings. The Morgan fingerprint density at radius 2 is 2.22 bits per heavy atom. The van der Waals surface area contributed by atoms with Crippen LogP contribution in [0.2, 0.25) is 0 Å². The molecule has 2 aliphatic rings. The molecule has 0 aromatic heterocycles. The van der Waals surface area contributed by atoms with Gasteiger partial charge in [-0.1, -0.05) is 13.3 Å². The minimum absolute atomic E-state index is 0.159. The first-order valence-electron chi connectivity index (χ1n) is 7.27. The van der Waals surface area contributed by atoms with Gasteiger partial charge in [0.2, 0.25) is 0 Å². The summed E-state index contributed by atoms with van der Waals surface area (Å²) in [5, 5.41) is 9.28. The largest absolute Gasteiger partial charge is 0.480 e. The maximum atomic E-state index is 11.3. The Morgan fingerprint density at radius 1 is 1.44 bits per heavy atom. The maximum absolute atomic E-state index is 11.3. The molecule has 18 heavy (non-hydrogen) atoms. The molecule has 0 bridgehead atoms. The third-order valence-electron chi connectivity index (χ3n) is 4.80. The molecule has 0 aromatic carbocycles. The van der Waals surface area contributed by atoms with Gasteiger partial charge in [0.25, 0.3) is 0 Å². The number of carbonyl (C=O) groups is 1. The predicted molar refractivity (Wildman–Crippen MR) is 71.4 cm³/mol. The van der Waals surface area contributed by atoms with Crippen LogP contribution in [0.1, 0.15) is 45.4 Å². The zero-order chi connectivity index (χ0) is 13.2. The molecule has 3 N–H and O–H groups in total. The fourth-order valence-electron chi connectivity index (χ4n) is 3.61. The van der Waals surface area contributed by atoms with Crippen LogP contribution in [-0.2, 0) is 4.79 Å². The van der Waals surface area contributed by atoms with Gasteiger partial charge in [0.1, 0.15) is 5.54 Å². The Balaban J connectivity index is 1.84. The molecular weight excluding hydrogens is 228 g/mol. The molecule has 2 fully saturated rings. The van der Waals surface area contributed by atoms with Crippen molar-refractivity contribution in [1.82, 2.24) is 4.90 Å². The number of carboxylic acids is 1. The van der Waals surface area contributed by atoms with Crippen molar-refractivity contribution >= 4 is 5.97 Å². The Labute approximate surface area is 110 Å². The molecule has 1 heterocycles. The van der Waals surface area contributed by atoms with Gasteiger partial charge in [0.15, 0.2) is 0 Å². The molecule has 4 heteroatoms. The predicted octanol–water partition coefficient (Wildman–Crippen LogP) is 1.69. The van der Waals surface area contributed by atoms with Crippen LogP contribution in [0.3, 0.4) is 0 Å². The smallest absolute Gasteiger partial charge is 0.323 e. The highest BCUT2D eigenvalue weighted by Crippen LogP contribution is 2.36. The molecular formula is C14H26N2O2. The van der Waals surface area contributed by atoms with Crippen LogP contribution < -0.4 is 5.73 Å². The molecule has 104 valence electrons. The molecule has 3 atom stereocenters. The summed E-state index contributed by atoms with van der Waals surface area (Å²) in [6.45, 7) is 5.65. The molecule has 0 spiro atoms. The topological polar surface area (TPSA) is 66.6 Å². The van der Waals surface area contributed by atoms with Crippen molar-refractivity contribution in [2.24, 2.45) is 17.6 Å². The molecule has 1 aliphatic carbocycles. The number of nitrogens with two attached hydrogens (primary N) is 1. The lowest BCUT2D eigenvalue weighted by molar-refractivity contribution is -0.144. The van der Waals surface area contributed by atoms with Gasteiger partial charge in [-0.25, -0.2) is 0 Å². The van der Waals surface area contributed by atoms with Crippen molar-refractivity contribution in [1.29, 1.82) is 0 Å². The van der Waals surface area contributed by atoms with Crippen LogP contribution in [0, 0.1) is 11.8 Å². The number of hydrogen-bond donors (Lipinski definition) is 2. The summed E-state index contributed by atoms with van der Waals surface area (Å²) in [7, 11) is 0. The van der Waals surface area contributed by atoms with E-state index in [2.05, 4.69) is 11.8 Å². The average Bonchev–Trinajstić information content (AvgIpc) is 2.70. The SMILES string of the molecule is CC1CCCN(CCC2CCCC2(N)C(=O)O)C1. The van der Waals surface area contributed by atoms with Crippen molar-refractivity contribution in [2.45, 2.75) is 51.0 Å². The molecule has 0 amide bonds. The van der Waals surface area contributed by atoms with Gasteiger partial charge in [-0.15, -0.1) is 0 Å². The maximum Gasteiger partial charge on any atom is 0.323 e. The van der Waals surface area contributed by atoms with Crippen LogP contribution in [-0.4, -0.2) is 41.1 Å². The Morgan fingerprint density at radius 3 is 2.89 bits per heavy atom. The number of carboxylic acid groups (broad SMARTS) is 1. The van der Waals surface area contributed by atoms with E-state index >= 15 is 0 Å². The highest BCUT2D eigenvalue weighted by molar-refractivity contribution is 5.79. The second kappa shape index (κ2) is 5.57. The van der Waals surface area contributed by atoms with E-state index in [9.17, 15) is 9.90 Å². The van der Waals surface area contributed by atoms with E-state index in [1.807, 2.05) is 0 Å². The first kappa shape index (κ1) is 13.8. The van der Waals surface area contributed by atoms with E-state index in [4.69, 9.17) is 5.73 Å². The summed E-state index contributed by atoms with van der Waals surface area (Å²) in [6.07, 6.45) is 6.13. The fourth-order valence-corrected chi connectivity index (χ4v) is 3.61. The summed E-state index contributed by atoms with van der Waals surface area (Å²) < 4.78 is 0.